The monoisotopic (exact) mass is 442 g/mol. The van der Waals surface area contributed by atoms with Gasteiger partial charge in [0.15, 0.2) is 0 Å². The van der Waals surface area contributed by atoms with E-state index in [-0.39, 0.29) is 11.4 Å². The highest BCUT2D eigenvalue weighted by Crippen LogP contribution is 2.32. The molecule has 148 valence electrons. The lowest BCUT2D eigenvalue weighted by Gasteiger charge is -2.19. The van der Waals surface area contributed by atoms with E-state index in [1.807, 2.05) is 0 Å². The Balaban J connectivity index is 2.28. The Hall–Kier alpha value is -1.52. The van der Waals surface area contributed by atoms with Crippen LogP contribution < -0.4 is 14.8 Å². The van der Waals surface area contributed by atoms with E-state index < -0.39 is 33.2 Å². The maximum Gasteiger partial charge on any atom is 0.573 e. The molecule has 0 heterocycles. The van der Waals surface area contributed by atoms with Crippen LogP contribution in [0.25, 0.3) is 0 Å². The molecule has 0 aromatic heterocycles. The van der Waals surface area contributed by atoms with Crippen molar-refractivity contribution < 1.29 is 26.3 Å². The summed E-state index contributed by atoms with van der Waals surface area (Å²) in [6, 6.07) is 8.65. The number of ether oxygens (including phenoxy) is 1. The van der Waals surface area contributed by atoms with Gasteiger partial charge in [-0.25, -0.2) is 13.1 Å². The average Bonchev–Trinajstić information content (AvgIpc) is 2.55. The molecule has 0 aliphatic rings. The van der Waals surface area contributed by atoms with Crippen LogP contribution in [0.4, 0.5) is 13.2 Å². The van der Waals surface area contributed by atoms with Gasteiger partial charge in [-0.3, -0.25) is 0 Å². The van der Waals surface area contributed by atoms with Crippen molar-refractivity contribution in [2.75, 3.05) is 13.6 Å². The summed E-state index contributed by atoms with van der Waals surface area (Å²) in [5, 5.41) is 2.89. The predicted octanol–water partition coefficient (Wildman–Crippen LogP) is 4.13. The van der Waals surface area contributed by atoms with Gasteiger partial charge in [-0.1, -0.05) is 35.3 Å². The molecule has 0 fully saturated rings. The average molecular weight is 443 g/mol. The van der Waals surface area contributed by atoms with E-state index in [9.17, 15) is 21.6 Å². The second kappa shape index (κ2) is 8.66. The van der Waals surface area contributed by atoms with Gasteiger partial charge in [-0.05, 0) is 42.9 Å². The number of likely N-dealkylation sites (N-methyl/N-ethyl adjacent to an activating group) is 1. The first-order valence-corrected chi connectivity index (χ1v) is 9.73. The second-order valence-corrected chi connectivity index (χ2v) is 7.98. The first-order valence-electron chi connectivity index (χ1n) is 7.49. The summed E-state index contributed by atoms with van der Waals surface area (Å²) in [4.78, 5) is -0.294. The summed E-state index contributed by atoms with van der Waals surface area (Å²) in [6.45, 7) is 0.268. The molecule has 0 saturated carbocycles. The fraction of sp³-hybridized carbons (Fsp3) is 0.250. The molecule has 2 N–H and O–H groups in total. The Labute approximate surface area is 164 Å². The van der Waals surface area contributed by atoms with Crippen LogP contribution in [-0.4, -0.2) is 28.4 Å². The van der Waals surface area contributed by atoms with E-state index in [1.165, 1.54) is 0 Å². The molecule has 1 atom stereocenters. The number of rotatable bonds is 7. The zero-order valence-corrected chi connectivity index (χ0v) is 16.2. The zero-order chi connectivity index (χ0) is 20.2. The van der Waals surface area contributed by atoms with E-state index in [0.29, 0.717) is 10.6 Å². The molecular weight excluding hydrogens is 428 g/mol. The van der Waals surface area contributed by atoms with Crippen LogP contribution in [0.1, 0.15) is 11.6 Å². The third kappa shape index (κ3) is 6.25. The number of sulfonamides is 1. The van der Waals surface area contributed by atoms with Crippen LogP contribution in [-0.2, 0) is 10.0 Å². The van der Waals surface area contributed by atoms with Crippen LogP contribution in [0.2, 0.25) is 10.0 Å². The number of hydrogen-bond acceptors (Lipinski definition) is 4. The van der Waals surface area contributed by atoms with Crippen molar-refractivity contribution in [2.45, 2.75) is 17.3 Å². The standard InChI is InChI=1S/C16H15Cl2F3N2O3S/c1-22-9-14(10-2-4-11(17)5-3-10)23-27(24,25)12-6-7-15(13(18)8-12)26-16(19,20)21/h2-8,14,22-23H,9H2,1H3. The van der Waals surface area contributed by atoms with Gasteiger partial charge in [0.05, 0.1) is 16.0 Å². The van der Waals surface area contributed by atoms with Gasteiger partial charge in [-0.15, -0.1) is 13.2 Å². The fourth-order valence-electron chi connectivity index (χ4n) is 2.24. The molecule has 0 spiro atoms. The van der Waals surface area contributed by atoms with Crippen LogP contribution in [0.5, 0.6) is 5.75 Å². The zero-order valence-electron chi connectivity index (χ0n) is 13.8. The van der Waals surface area contributed by atoms with Gasteiger partial charge in [0, 0.05) is 11.6 Å². The van der Waals surface area contributed by atoms with Gasteiger partial charge in [0.25, 0.3) is 0 Å². The van der Waals surface area contributed by atoms with Crippen molar-refractivity contribution in [3.63, 3.8) is 0 Å². The normalized spacial score (nSPS) is 13.4. The van der Waals surface area contributed by atoms with Crippen molar-refractivity contribution in [3.05, 3.63) is 58.1 Å². The molecule has 27 heavy (non-hydrogen) atoms. The van der Waals surface area contributed by atoms with Crippen molar-refractivity contribution in [3.8, 4) is 5.75 Å². The number of hydrogen-bond donors (Lipinski definition) is 2. The van der Waals surface area contributed by atoms with E-state index in [2.05, 4.69) is 14.8 Å². The minimum Gasteiger partial charge on any atom is -0.404 e. The lowest BCUT2D eigenvalue weighted by atomic mass is 10.1. The van der Waals surface area contributed by atoms with Gasteiger partial charge < -0.3 is 10.1 Å². The third-order valence-electron chi connectivity index (χ3n) is 3.42. The summed E-state index contributed by atoms with van der Waals surface area (Å²) >= 11 is 11.6. The van der Waals surface area contributed by atoms with Crippen LogP contribution in [0.15, 0.2) is 47.4 Å². The van der Waals surface area contributed by atoms with Crippen molar-refractivity contribution in [1.82, 2.24) is 10.0 Å². The first kappa shape index (κ1) is 21.8. The predicted molar refractivity (Wildman–Crippen MR) is 96.6 cm³/mol. The quantitative estimate of drug-likeness (QED) is 0.676. The molecule has 0 aliphatic carbocycles. The van der Waals surface area contributed by atoms with Crippen LogP contribution in [0, 0.1) is 0 Å². The van der Waals surface area contributed by atoms with E-state index in [1.54, 1.807) is 31.3 Å². The van der Waals surface area contributed by atoms with Gasteiger partial charge in [0.2, 0.25) is 10.0 Å². The van der Waals surface area contributed by atoms with Crippen LogP contribution in [0.3, 0.4) is 0 Å². The molecule has 11 heteroatoms. The molecule has 0 saturated heterocycles. The number of nitrogens with one attached hydrogen (secondary N) is 2. The summed E-state index contributed by atoms with van der Waals surface area (Å²) in [7, 11) is -2.42. The minimum atomic E-state index is -4.94. The topological polar surface area (TPSA) is 67.4 Å². The molecule has 0 amide bonds. The van der Waals surface area contributed by atoms with Gasteiger partial charge in [0.1, 0.15) is 5.75 Å². The Kier molecular flexibility index (Phi) is 6.98. The summed E-state index contributed by atoms with van der Waals surface area (Å²) in [5.41, 5.74) is 0.653. The minimum absolute atomic E-state index is 0.268. The molecule has 0 bridgehead atoms. The maximum absolute atomic E-state index is 12.6. The summed E-state index contributed by atoms with van der Waals surface area (Å²) < 4.78 is 68.4. The molecule has 5 nitrogen and oxygen atoms in total. The maximum atomic E-state index is 12.6. The number of benzene rings is 2. The molecular formula is C16H15Cl2F3N2O3S. The molecule has 2 rings (SSSR count). The molecule has 2 aromatic carbocycles. The smallest absolute Gasteiger partial charge is 0.404 e. The second-order valence-electron chi connectivity index (χ2n) is 5.42. The van der Waals surface area contributed by atoms with Gasteiger partial charge in [-0.2, -0.15) is 0 Å². The highest BCUT2D eigenvalue weighted by molar-refractivity contribution is 7.89. The van der Waals surface area contributed by atoms with E-state index >= 15 is 0 Å². The lowest BCUT2D eigenvalue weighted by Crippen LogP contribution is -2.34. The largest absolute Gasteiger partial charge is 0.573 e. The number of halogens is 5. The van der Waals surface area contributed by atoms with E-state index in [4.69, 9.17) is 23.2 Å². The lowest BCUT2D eigenvalue weighted by molar-refractivity contribution is -0.274. The van der Waals surface area contributed by atoms with Gasteiger partial charge >= 0.3 is 6.36 Å². The highest BCUT2D eigenvalue weighted by Gasteiger charge is 2.32. The van der Waals surface area contributed by atoms with Crippen molar-refractivity contribution in [1.29, 1.82) is 0 Å². The highest BCUT2D eigenvalue weighted by atomic mass is 35.5. The fourth-order valence-corrected chi connectivity index (χ4v) is 3.90. The summed E-state index contributed by atoms with van der Waals surface area (Å²) in [6.07, 6.45) is -4.94. The molecule has 1 unspecified atom stereocenters. The Morgan fingerprint density at radius 2 is 1.74 bits per heavy atom. The Morgan fingerprint density at radius 1 is 1.11 bits per heavy atom. The van der Waals surface area contributed by atoms with Crippen LogP contribution >= 0.6 is 23.2 Å². The Morgan fingerprint density at radius 3 is 2.26 bits per heavy atom. The number of alkyl halides is 3. The summed E-state index contributed by atoms with van der Waals surface area (Å²) in [5.74, 6) is -0.687. The molecule has 0 radical (unpaired) electrons. The van der Waals surface area contributed by atoms with Crippen molar-refractivity contribution in [2.24, 2.45) is 0 Å². The first-order chi connectivity index (χ1) is 12.5. The van der Waals surface area contributed by atoms with Crippen molar-refractivity contribution >= 4 is 33.2 Å². The SMILES string of the molecule is CNCC(NS(=O)(=O)c1ccc(OC(F)(F)F)c(Cl)c1)c1ccc(Cl)cc1. The molecule has 0 aliphatic heterocycles. The van der Waals surface area contributed by atoms with E-state index in [0.717, 1.165) is 18.2 Å². The molecule has 2 aromatic rings. The Bertz CT molecular complexity index is 891. The third-order valence-corrected chi connectivity index (χ3v) is 5.43.